The average molecular weight is 445 g/mol. The van der Waals surface area contributed by atoms with Gasteiger partial charge < -0.3 is 10.6 Å². The van der Waals surface area contributed by atoms with Crippen molar-refractivity contribution in [1.82, 2.24) is 21.1 Å². The lowest BCUT2D eigenvalue weighted by Crippen LogP contribution is -2.51. The second kappa shape index (κ2) is 9.42. The summed E-state index contributed by atoms with van der Waals surface area (Å²) in [6, 6.07) is 23.2. The maximum atomic E-state index is 12.9. The Balaban J connectivity index is 1.34. The van der Waals surface area contributed by atoms with Crippen LogP contribution < -0.4 is 16.1 Å². The minimum absolute atomic E-state index is 0.0395. The number of fused-ring (bicyclic) bond motifs is 1. The Morgan fingerprint density at radius 3 is 2.48 bits per heavy atom. The van der Waals surface area contributed by atoms with E-state index in [1.54, 1.807) is 6.92 Å². The molecular weight excluding hydrogens is 416 g/mol. The highest BCUT2D eigenvalue weighted by molar-refractivity contribution is 6.07. The second-order valence-electron chi connectivity index (χ2n) is 8.59. The van der Waals surface area contributed by atoms with E-state index in [9.17, 15) is 14.4 Å². The number of hydrazine groups is 1. The van der Waals surface area contributed by atoms with Crippen molar-refractivity contribution in [2.75, 3.05) is 6.54 Å². The van der Waals surface area contributed by atoms with E-state index in [0.29, 0.717) is 12.8 Å². The van der Waals surface area contributed by atoms with Crippen LogP contribution in [0.2, 0.25) is 0 Å². The SMILES string of the molecule is C[C@H](NCC(=O)NN1C(=O)N[C@@](C)(CCc2ccccc2)C1=O)c1cccc2ccccc12. The predicted molar refractivity (Wildman–Crippen MR) is 127 cm³/mol. The number of urea groups is 1. The zero-order valence-electron chi connectivity index (χ0n) is 18.8. The van der Waals surface area contributed by atoms with E-state index < -0.39 is 23.4 Å². The van der Waals surface area contributed by atoms with Crippen LogP contribution in [0.4, 0.5) is 4.79 Å². The quantitative estimate of drug-likeness (QED) is 0.464. The molecule has 0 radical (unpaired) electrons. The molecule has 33 heavy (non-hydrogen) atoms. The van der Waals surface area contributed by atoms with Crippen molar-refractivity contribution < 1.29 is 14.4 Å². The topological polar surface area (TPSA) is 90.5 Å². The molecule has 4 amide bonds. The number of carbonyl (C=O) groups excluding carboxylic acids is 3. The van der Waals surface area contributed by atoms with Gasteiger partial charge in [-0.2, -0.15) is 5.01 Å². The average Bonchev–Trinajstić information content (AvgIpc) is 3.04. The van der Waals surface area contributed by atoms with Gasteiger partial charge in [-0.25, -0.2) is 4.79 Å². The van der Waals surface area contributed by atoms with Gasteiger partial charge in [0.25, 0.3) is 11.8 Å². The van der Waals surface area contributed by atoms with Crippen molar-refractivity contribution in [1.29, 1.82) is 0 Å². The Hall–Kier alpha value is -3.71. The van der Waals surface area contributed by atoms with Crippen LogP contribution >= 0.6 is 0 Å². The molecule has 1 fully saturated rings. The molecule has 1 saturated heterocycles. The Labute approximate surface area is 193 Å². The molecule has 1 aliphatic rings. The summed E-state index contributed by atoms with van der Waals surface area (Å²) < 4.78 is 0. The van der Waals surface area contributed by atoms with Crippen LogP contribution in [0.25, 0.3) is 10.8 Å². The minimum Gasteiger partial charge on any atom is -0.322 e. The Morgan fingerprint density at radius 1 is 1.00 bits per heavy atom. The van der Waals surface area contributed by atoms with Crippen LogP contribution in [-0.4, -0.2) is 34.9 Å². The highest BCUT2D eigenvalue weighted by atomic mass is 16.2. The van der Waals surface area contributed by atoms with Crippen molar-refractivity contribution >= 4 is 28.6 Å². The Kier molecular flexibility index (Phi) is 6.42. The van der Waals surface area contributed by atoms with Crippen LogP contribution in [0.3, 0.4) is 0 Å². The summed E-state index contributed by atoms with van der Waals surface area (Å²) in [4.78, 5) is 37.9. The first-order valence-corrected chi connectivity index (χ1v) is 11.1. The molecule has 3 aromatic carbocycles. The fourth-order valence-electron chi connectivity index (χ4n) is 4.14. The number of imide groups is 1. The summed E-state index contributed by atoms with van der Waals surface area (Å²) in [5.74, 6) is -0.920. The molecule has 2 atom stereocenters. The number of benzene rings is 3. The van der Waals surface area contributed by atoms with Crippen LogP contribution in [0.1, 0.15) is 37.4 Å². The molecule has 3 N–H and O–H groups in total. The van der Waals surface area contributed by atoms with Crippen LogP contribution in [-0.2, 0) is 16.0 Å². The normalized spacial score (nSPS) is 18.9. The molecular formula is C26H28N4O3. The minimum atomic E-state index is -1.07. The summed E-state index contributed by atoms with van der Waals surface area (Å²) in [5, 5.41) is 8.93. The second-order valence-corrected chi connectivity index (χ2v) is 8.59. The van der Waals surface area contributed by atoms with Gasteiger partial charge in [-0.15, -0.1) is 0 Å². The lowest BCUT2D eigenvalue weighted by molar-refractivity contribution is -0.138. The van der Waals surface area contributed by atoms with E-state index in [-0.39, 0.29) is 12.6 Å². The fraction of sp³-hybridized carbons (Fsp3) is 0.269. The first kappa shape index (κ1) is 22.5. The van der Waals surface area contributed by atoms with Gasteiger partial charge in [-0.3, -0.25) is 15.0 Å². The van der Waals surface area contributed by atoms with Crippen LogP contribution in [0, 0.1) is 0 Å². The molecule has 0 unspecified atom stereocenters. The molecule has 4 rings (SSSR count). The van der Waals surface area contributed by atoms with E-state index in [0.717, 1.165) is 26.9 Å². The third kappa shape index (κ3) is 4.88. The standard InChI is InChI=1S/C26H28N4O3/c1-18(21-14-8-12-20-11-6-7-13-22(20)21)27-17-23(31)29-30-24(32)26(2,28-25(30)33)16-15-19-9-4-3-5-10-19/h3-14,18,27H,15-17H2,1-2H3,(H,28,33)(H,29,31)/t18-,26-/m0/s1. The lowest BCUT2D eigenvalue weighted by Gasteiger charge is -2.22. The molecule has 3 aromatic rings. The van der Waals surface area contributed by atoms with Crippen molar-refractivity contribution in [2.45, 2.75) is 38.3 Å². The van der Waals surface area contributed by atoms with Crippen LogP contribution in [0.15, 0.2) is 72.8 Å². The summed E-state index contributed by atoms with van der Waals surface area (Å²) in [5.41, 5.74) is 3.53. The van der Waals surface area contributed by atoms with Crippen molar-refractivity contribution in [3.63, 3.8) is 0 Å². The van der Waals surface area contributed by atoms with Gasteiger partial charge in [0.15, 0.2) is 0 Å². The molecule has 170 valence electrons. The van der Waals surface area contributed by atoms with E-state index in [1.807, 2.05) is 79.7 Å². The number of amides is 4. The Bertz CT molecular complexity index is 1180. The van der Waals surface area contributed by atoms with E-state index >= 15 is 0 Å². The molecule has 1 aliphatic heterocycles. The van der Waals surface area contributed by atoms with Crippen molar-refractivity contribution in [2.24, 2.45) is 0 Å². The molecule has 7 heteroatoms. The molecule has 0 aromatic heterocycles. The van der Waals surface area contributed by atoms with Gasteiger partial charge in [0, 0.05) is 6.04 Å². The maximum Gasteiger partial charge on any atom is 0.344 e. The third-order valence-corrected chi connectivity index (χ3v) is 6.11. The van der Waals surface area contributed by atoms with E-state index in [1.165, 1.54) is 0 Å². The third-order valence-electron chi connectivity index (χ3n) is 6.11. The van der Waals surface area contributed by atoms with Crippen LogP contribution in [0.5, 0.6) is 0 Å². The molecule has 0 aliphatic carbocycles. The summed E-state index contributed by atoms with van der Waals surface area (Å²) >= 11 is 0. The lowest BCUT2D eigenvalue weighted by atomic mass is 9.93. The zero-order valence-corrected chi connectivity index (χ0v) is 18.8. The molecule has 1 heterocycles. The molecule has 0 bridgehead atoms. The smallest absolute Gasteiger partial charge is 0.322 e. The molecule has 0 saturated carbocycles. The summed E-state index contributed by atoms with van der Waals surface area (Å²) in [6.45, 7) is 3.62. The van der Waals surface area contributed by atoms with Gasteiger partial charge in [0.05, 0.1) is 6.54 Å². The van der Waals surface area contributed by atoms with E-state index in [2.05, 4.69) is 16.1 Å². The summed E-state index contributed by atoms with van der Waals surface area (Å²) in [7, 11) is 0. The van der Waals surface area contributed by atoms with Crippen molar-refractivity contribution in [3.05, 3.63) is 83.9 Å². The highest BCUT2D eigenvalue weighted by Crippen LogP contribution is 2.24. The summed E-state index contributed by atoms with van der Waals surface area (Å²) in [6.07, 6.45) is 1.07. The van der Waals surface area contributed by atoms with Crippen molar-refractivity contribution in [3.8, 4) is 0 Å². The number of carbonyl (C=O) groups is 3. The number of nitrogens with one attached hydrogen (secondary N) is 3. The Morgan fingerprint density at radius 2 is 1.70 bits per heavy atom. The first-order valence-electron chi connectivity index (χ1n) is 11.1. The largest absolute Gasteiger partial charge is 0.344 e. The van der Waals surface area contributed by atoms with E-state index in [4.69, 9.17) is 0 Å². The fourth-order valence-corrected chi connectivity index (χ4v) is 4.14. The van der Waals surface area contributed by atoms with Gasteiger partial charge >= 0.3 is 6.03 Å². The van der Waals surface area contributed by atoms with Gasteiger partial charge in [-0.1, -0.05) is 72.8 Å². The number of aryl methyl sites for hydroxylation is 1. The monoisotopic (exact) mass is 444 g/mol. The van der Waals surface area contributed by atoms with Gasteiger partial charge in [0.2, 0.25) is 0 Å². The number of hydrogen-bond donors (Lipinski definition) is 3. The highest BCUT2D eigenvalue weighted by Gasteiger charge is 2.48. The molecule has 7 nitrogen and oxygen atoms in total. The number of rotatable bonds is 8. The van der Waals surface area contributed by atoms with Gasteiger partial charge in [0.1, 0.15) is 5.54 Å². The number of hydrogen-bond acceptors (Lipinski definition) is 4. The molecule has 0 spiro atoms. The first-order chi connectivity index (χ1) is 15.9. The van der Waals surface area contributed by atoms with Gasteiger partial charge in [-0.05, 0) is 48.6 Å². The predicted octanol–water partition coefficient (Wildman–Crippen LogP) is 3.46. The zero-order chi connectivity index (χ0) is 23.4. The number of nitrogens with zero attached hydrogens (tertiary/aromatic N) is 1. The maximum absolute atomic E-state index is 12.9.